The van der Waals surface area contributed by atoms with Crippen LogP contribution in [0.1, 0.15) is 24.9 Å². The van der Waals surface area contributed by atoms with Crippen molar-refractivity contribution >= 4 is 17.1 Å². The van der Waals surface area contributed by atoms with Crippen LogP contribution >= 0.6 is 0 Å². The summed E-state index contributed by atoms with van der Waals surface area (Å²) in [4.78, 5) is 24.8. The summed E-state index contributed by atoms with van der Waals surface area (Å²) in [6.45, 7) is 4.66. The minimum absolute atomic E-state index is 0.299. The number of rotatable bonds is 7. The van der Waals surface area contributed by atoms with E-state index in [4.69, 9.17) is 4.74 Å². The van der Waals surface area contributed by atoms with Crippen molar-refractivity contribution in [3.63, 3.8) is 0 Å². The first-order valence-electron chi connectivity index (χ1n) is 11.4. The van der Waals surface area contributed by atoms with E-state index in [0.29, 0.717) is 39.9 Å². The van der Waals surface area contributed by atoms with Crippen LogP contribution in [0, 0.1) is 11.7 Å². The van der Waals surface area contributed by atoms with Crippen LogP contribution in [-0.2, 0) is 0 Å². The number of hydrogen-bond donors (Lipinski definition) is 3. The number of aromatic nitrogens is 4. The molecule has 0 amide bonds. The molecule has 0 spiro atoms. The van der Waals surface area contributed by atoms with Crippen molar-refractivity contribution in [2.24, 2.45) is 5.92 Å². The molecule has 0 radical (unpaired) electrons. The molecule has 2 aromatic carbocycles. The molecule has 34 heavy (non-hydrogen) atoms. The number of halogens is 1. The van der Waals surface area contributed by atoms with Gasteiger partial charge in [-0.05, 0) is 56.1 Å². The second kappa shape index (κ2) is 9.26. The zero-order valence-corrected chi connectivity index (χ0v) is 19.1. The van der Waals surface area contributed by atoms with E-state index in [1.165, 1.54) is 6.07 Å². The van der Waals surface area contributed by atoms with E-state index in [1.807, 2.05) is 19.1 Å². The SMILES string of the molecule is COc1ccc(-c2ccccc2F)cc1[C@@H](C)n1c(=O)[nH]c2cnc(NC[C@@H]3CCNC3)nc21. The van der Waals surface area contributed by atoms with Crippen LogP contribution in [0.5, 0.6) is 5.75 Å². The molecule has 176 valence electrons. The molecule has 8 nitrogen and oxygen atoms in total. The third-order valence-corrected chi connectivity index (χ3v) is 6.42. The molecule has 2 atom stereocenters. The zero-order chi connectivity index (χ0) is 23.7. The predicted molar refractivity (Wildman–Crippen MR) is 130 cm³/mol. The summed E-state index contributed by atoms with van der Waals surface area (Å²) < 4.78 is 21.6. The molecule has 0 bridgehead atoms. The van der Waals surface area contributed by atoms with E-state index in [-0.39, 0.29) is 11.5 Å². The van der Waals surface area contributed by atoms with Gasteiger partial charge in [-0.3, -0.25) is 4.57 Å². The van der Waals surface area contributed by atoms with Crippen LogP contribution in [-0.4, -0.2) is 46.3 Å². The lowest BCUT2D eigenvalue weighted by Gasteiger charge is -2.19. The number of benzene rings is 2. The number of methoxy groups -OCH3 is 1. The molecule has 0 aliphatic carbocycles. The van der Waals surface area contributed by atoms with Crippen LogP contribution in [0.25, 0.3) is 22.3 Å². The average Bonchev–Trinajstić information content (AvgIpc) is 3.49. The van der Waals surface area contributed by atoms with Crippen LogP contribution in [0.3, 0.4) is 0 Å². The molecular weight excluding hydrogens is 435 g/mol. The normalized spacial score (nSPS) is 16.6. The van der Waals surface area contributed by atoms with E-state index < -0.39 is 6.04 Å². The predicted octanol–water partition coefficient (Wildman–Crippen LogP) is 3.57. The Morgan fingerprint density at radius 1 is 1.29 bits per heavy atom. The van der Waals surface area contributed by atoms with E-state index >= 15 is 0 Å². The Hall–Kier alpha value is -3.72. The minimum Gasteiger partial charge on any atom is -0.496 e. The van der Waals surface area contributed by atoms with E-state index in [2.05, 4.69) is 25.6 Å². The van der Waals surface area contributed by atoms with Crippen molar-refractivity contribution in [3.8, 4) is 16.9 Å². The summed E-state index contributed by atoms with van der Waals surface area (Å²) >= 11 is 0. The lowest BCUT2D eigenvalue weighted by molar-refractivity contribution is 0.403. The maximum atomic E-state index is 14.4. The Labute approximate surface area is 196 Å². The first-order chi connectivity index (χ1) is 16.5. The molecule has 0 unspecified atom stereocenters. The molecule has 5 rings (SSSR count). The highest BCUT2D eigenvalue weighted by Gasteiger charge is 2.21. The maximum Gasteiger partial charge on any atom is 0.328 e. The summed E-state index contributed by atoms with van der Waals surface area (Å²) in [5.41, 5.74) is 2.69. The summed E-state index contributed by atoms with van der Waals surface area (Å²) in [5, 5.41) is 6.64. The van der Waals surface area contributed by atoms with Gasteiger partial charge in [-0.15, -0.1) is 0 Å². The molecule has 3 N–H and O–H groups in total. The van der Waals surface area contributed by atoms with Gasteiger partial charge < -0.3 is 20.4 Å². The second-order valence-corrected chi connectivity index (χ2v) is 8.58. The van der Waals surface area contributed by atoms with Crippen molar-refractivity contribution < 1.29 is 9.13 Å². The van der Waals surface area contributed by atoms with Crippen LogP contribution in [0.2, 0.25) is 0 Å². The molecule has 1 aliphatic heterocycles. The van der Waals surface area contributed by atoms with Gasteiger partial charge in [0, 0.05) is 17.7 Å². The Morgan fingerprint density at radius 3 is 2.91 bits per heavy atom. The van der Waals surface area contributed by atoms with Gasteiger partial charge in [0.25, 0.3) is 0 Å². The molecule has 2 aromatic heterocycles. The van der Waals surface area contributed by atoms with E-state index in [1.54, 1.807) is 42.1 Å². The molecule has 3 heterocycles. The van der Waals surface area contributed by atoms with Gasteiger partial charge in [0.1, 0.15) is 17.1 Å². The fraction of sp³-hybridized carbons (Fsp3) is 0.320. The quantitative estimate of drug-likeness (QED) is 0.389. The second-order valence-electron chi connectivity index (χ2n) is 8.58. The van der Waals surface area contributed by atoms with Gasteiger partial charge in [-0.25, -0.2) is 14.2 Å². The van der Waals surface area contributed by atoms with Crippen molar-refractivity contribution in [1.82, 2.24) is 24.8 Å². The fourth-order valence-electron chi connectivity index (χ4n) is 4.55. The van der Waals surface area contributed by atoms with Gasteiger partial charge in [0.2, 0.25) is 5.95 Å². The van der Waals surface area contributed by atoms with Gasteiger partial charge in [-0.2, -0.15) is 4.98 Å². The summed E-state index contributed by atoms with van der Waals surface area (Å²) in [7, 11) is 1.58. The highest BCUT2D eigenvalue weighted by atomic mass is 19.1. The number of H-pyrrole nitrogens is 1. The summed E-state index contributed by atoms with van der Waals surface area (Å²) in [5.74, 6) is 1.30. The molecule has 9 heteroatoms. The number of nitrogens with zero attached hydrogens (tertiary/aromatic N) is 3. The van der Waals surface area contributed by atoms with Gasteiger partial charge >= 0.3 is 5.69 Å². The number of ether oxygens (including phenoxy) is 1. The van der Waals surface area contributed by atoms with E-state index in [9.17, 15) is 9.18 Å². The number of nitrogens with one attached hydrogen (secondary N) is 3. The molecule has 0 saturated carbocycles. The van der Waals surface area contributed by atoms with Gasteiger partial charge in [0.05, 0.1) is 19.3 Å². The number of aromatic amines is 1. The number of anilines is 1. The van der Waals surface area contributed by atoms with Crippen molar-refractivity contribution in [3.05, 3.63) is 70.5 Å². The average molecular weight is 463 g/mol. The Kier molecular flexibility index (Phi) is 6.02. The zero-order valence-electron chi connectivity index (χ0n) is 19.1. The molecular formula is C25H27FN6O2. The van der Waals surface area contributed by atoms with Crippen molar-refractivity contribution in [2.75, 3.05) is 32.1 Å². The van der Waals surface area contributed by atoms with Gasteiger partial charge in [0.15, 0.2) is 5.65 Å². The highest BCUT2D eigenvalue weighted by molar-refractivity contribution is 5.72. The highest BCUT2D eigenvalue weighted by Crippen LogP contribution is 2.34. The van der Waals surface area contributed by atoms with Crippen LogP contribution in [0.15, 0.2) is 53.5 Å². The first-order valence-corrected chi connectivity index (χ1v) is 11.4. The number of fused-ring (bicyclic) bond motifs is 1. The lowest BCUT2D eigenvalue weighted by atomic mass is 9.98. The fourth-order valence-corrected chi connectivity index (χ4v) is 4.55. The molecule has 1 aliphatic rings. The smallest absolute Gasteiger partial charge is 0.328 e. The van der Waals surface area contributed by atoms with Crippen molar-refractivity contribution in [2.45, 2.75) is 19.4 Å². The summed E-state index contributed by atoms with van der Waals surface area (Å²) in [6, 6.07) is 11.7. The third-order valence-electron chi connectivity index (χ3n) is 6.42. The number of hydrogen-bond acceptors (Lipinski definition) is 6. The molecule has 1 fully saturated rings. The summed E-state index contributed by atoms with van der Waals surface area (Å²) in [6.07, 6.45) is 2.73. The van der Waals surface area contributed by atoms with Gasteiger partial charge in [-0.1, -0.05) is 24.3 Å². The van der Waals surface area contributed by atoms with Crippen LogP contribution in [0.4, 0.5) is 10.3 Å². The monoisotopic (exact) mass is 462 g/mol. The topological polar surface area (TPSA) is 96.9 Å². The number of imidazole rings is 1. The van der Waals surface area contributed by atoms with E-state index in [0.717, 1.165) is 31.6 Å². The first kappa shape index (κ1) is 22.1. The largest absolute Gasteiger partial charge is 0.496 e. The van der Waals surface area contributed by atoms with Crippen molar-refractivity contribution in [1.29, 1.82) is 0 Å². The Morgan fingerprint density at radius 2 is 2.15 bits per heavy atom. The molecule has 4 aromatic rings. The lowest BCUT2D eigenvalue weighted by Crippen LogP contribution is -2.22. The minimum atomic E-state index is -0.426. The third kappa shape index (κ3) is 4.14. The Bertz CT molecular complexity index is 1380. The Balaban J connectivity index is 1.53. The molecule has 1 saturated heterocycles. The standard InChI is InChI=1S/C25H27FN6O2/c1-15(19-11-17(7-8-22(19)34-2)18-5-3-4-6-20(18)26)32-23-21(30-25(32)33)14-29-24(31-23)28-13-16-9-10-27-12-16/h3-8,11,14-16,27H,9-10,12-13H2,1-2H3,(H,30,33)(H,28,29,31)/t15-,16-/m1/s1. The van der Waals surface area contributed by atoms with Crippen LogP contribution < -0.4 is 21.1 Å². The maximum absolute atomic E-state index is 14.4.